The van der Waals surface area contributed by atoms with Crippen molar-refractivity contribution in [3.05, 3.63) is 82.4 Å². The highest BCUT2D eigenvalue weighted by Crippen LogP contribution is 2.22. The third-order valence-corrected chi connectivity index (χ3v) is 4.87. The molecule has 0 aliphatic rings. The number of fused-ring (bicyclic) bond motifs is 2. The van der Waals surface area contributed by atoms with Crippen LogP contribution < -0.4 is 10.3 Å². The first-order valence-corrected chi connectivity index (χ1v) is 9.22. The van der Waals surface area contributed by atoms with Crippen molar-refractivity contribution in [2.75, 3.05) is 7.11 Å². The topological polar surface area (TPSA) is 70.4 Å². The first-order chi connectivity index (χ1) is 14.0. The lowest BCUT2D eigenvalue weighted by Gasteiger charge is -2.09. The summed E-state index contributed by atoms with van der Waals surface area (Å²) >= 11 is 0. The number of methoxy groups -OCH3 is 1. The summed E-state index contributed by atoms with van der Waals surface area (Å²) < 4.78 is 11.9. The molecule has 0 saturated carbocycles. The Morgan fingerprint density at radius 2 is 1.86 bits per heavy atom. The summed E-state index contributed by atoms with van der Waals surface area (Å²) in [5.74, 6) is 0.303. The molecule has 0 fully saturated rings. The lowest BCUT2D eigenvalue weighted by molar-refractivity contribution is -0.145. The normalized spacial score (nSPS) is 11.0. The van der Waals surface area contributed by atoms with Gasteiger partial charge in [0, 0.05) is 0 Å². The first-order valence-electron chi connectivity index (χ1n) is 9.22. The predicted octanol–water partition coefficient (Wildman–Crippen LogP) is 3.61. The van der Waals surface area contributed by atoms with Crippen molar-refractivity contribution in [1.29, 1.82) is 0 Å². The van der Waals surface area contributed by atoms with Crippen LogP contribution in [-0.2, 0) is 22.7 Å². The second-order valence-electron chi connectivity index (χ2n) is 6.86. The molecule has 6 heteroatoms. The van der Waals surface area contributed by atoms with Crippen molar-refractivity contribution in [3.8, 4) is 5.75 Å². The highest BCUT2D eigenvalue weighted by atomic mass is 16.5. The molecule has 0 aliphatic carbocycles. The summed E-state index contributed by atoms with van der Waals surface area (Å²) in [6, 6.07) is 17.0. The second-order valence-corrected chi connectivity index (χ2v) is 6.86. The fourth-order valence-corrected chi connectivity index (χ4v) is 3.29. The summed E-state index contributed by atoms with van der Waals surface area (Å²) in [5.41, 5.74) is 2.18. The fraction of sp³-hybridized carbons (Fsp3) is 0.174. The Morgan fingerprint density at radius 1 is 1.07 bits per heavy atom. The summed E-state index contributed by atoms with van der Waals surface area (Å²) in [7, 11) is 1.63. The maximum absolute atomic E-state index is 12.6. The number of rotatable bonds is 5. The van der Waals surface area contributed by atoms with Gasteiger partial charge in [-0.1, -0.05) is 30.3 Å². The Hall–Kier alpha value is -3.67. The van der Waals surface area contributed by atoms with E-state index in [0.717, 1.165) is 27.6 Å². The summed E-state index contributed by atoms with van der Waals surface area (Å²) in [6.45, 7) is 1.85. The zero-order valence-corrected chi connectivity index (χ0v) is 16.2. The van der Waals surface area contributed by atoms with Gasteiger partial charge in [-0.15, -0.1) is 0 Å². The molecule has 29 heavy (non-hydrogen) atoms. The van der Waals surface area contributed by atoms with Gasteiger partial charge in [-0.05, 0) is 53.1 Å². The van der Waals surface area contributed by atoms with E-state index in [1.165, 1.54) is 10.9 Å². The van der Waals surface area contributed by atoms with Gasteiger partial charge in [0.2, 0.25) is 0 Å². The largest absolute Gasteiger partial charge is 0.497 e. The van der Waals surface area contributed by atoms with E-state index in [1.54, 1.807) is 19.2 Å². The Kier molecular flexibility index (Phi) is 4.99. The molecule has 0 bridgehead atoms. The zero-order chi connectivity index (χ0) is 20.4. The van der Waals surface area contributed by atoms with E-state index in [4.69, 9.17) is 9.47 Å². The molecule has 0 radical (unpaired) electrons. The van der Waals surface area contributed by atoms with Crippen molar-refractivity contribution in [3.63, 3.8) is 0 Å². The monoisotopic (exact) mass is 388 g/mol. The van der Waals surface area contributed by atoms with E-state index < -0.39 is 5.97 Å². The second kappa shape index (κ2) is 7.75. The van der Waals surface area contributed by atoms with Gasteiger partial charge in [0.25, 0.3) is 5.56 Å². The highest BCUT2D eigenvalue weighted by Gasteiger charge is 2.10. The Bertz CT molecular complexity index is 1280. The number of carbonyl (C=O) groups excluding carboxylic acids is 1. The molecule has 0 saturated heterocycles. The Labute approximate surface area is 167 Å². The van der Waals surface area contributed by atoms with Crippen LogP contribution in [-0.4, -0.2) is 22.6 Å². The van der Waals surface area contributed by atoms with Crippen LogP contribution in [0.2, 0.25) is 0 Å². The smallest absolute Gasteiger partial charge is 0.326 e. The van der Waals surface area contributed by atoms with Crippen molar-refractivity contribution in [2.45, 2.75) is 20.1 Å². The number of carbonyl (C=O) groups is 1. The van der Waals surface area contributed by atoms with Gasteiger partial charge in [0.05, 0.1) is 24.3 Å². The molecule has 3 aromatic carbocycles. The standard InChI is InChI=1S/C23H20N2O4/c1-15-4-3-5-20-22(15)24-14-25(23(20)27)12-21(26)29-13-16-6-7-18-11-19(28-2)9-8-17(18)10-16/h3-11,14H,12-13H2,1-2H3. The molecule has 4 aromatic rings. The number of nitrogens with zero attached hydrogens (tertiary/aromatic N) is 2. The number of aromatic nitrogens is 2. The fourth-order valence-electron chi connectivity index (χ4n) is 3.29. The van der Waals surface area contributed by atoms with E-state index in [2.05, 4.69) is 4.98 Å². The molecule has 6 nitrogen and oxygen atoms in total. The van der Waals surface area contributed by atoms with E-state index in [9.17, 15) is 9.59 Å². The molecule has 0 atom stereocenters. The first kappa shape index (κ1) is 18.7. The van der Waals surface area contributed by atoms with E-state index >= 15 is 0 Å². The third-order valence-electron chi connectivity index (χ3n) is 4.87. The molecule has 4 rings (SSSR count). The minimum absolute atomic E-state index is 0.135. The molecule has 0 N–H and O–H groups in total. The predicted molar refractivity (Wildman–Crippen MR) is 111 cm³/mol. The van der Waals surface area contributed by atoms with Crippen LogP contribution in [0.5, 0.6) is 5.75 Å². The van der Waals surface area contributed by atoms with Crippen LogP contribution in [0.25, 0.3) is 21.7 Å². The van der Waals surface area contributed by atoms with E-state index in [0.29, 0.717) is 10.9 Å². The lowest BCUT2D eigenvalue weighted by Crippen LogP contribution is -2.25. The summed E-state index contributed by atoms with van der Waals surface area (Å²) in [4.78, 5) is 29.2. The molecule has 0 amide bonds. The average Bonchev–Trinajstić information content (AvgIpc) is 2.74. The van der Waals surface area contributed by atoms with E-state index in [-0.39, 0.29) is 18.7 Å². The maximum Gasteiger partial charge on any atom is 0.326 e. The molecular weight excluding hydrogens is 368 g/mol. The van der Waals surface area contributed by atoms with Gasteiger partial charge in [-0.25, -0.2) is 4.98 Å². The van der Waals surface area contributed by atoms with Gasteiger partial charge in [0.1, 0.15) is 18.9 Å². The number of benzene rings is 3. The number of hydrogen-bond acceptors (Lipinski definition) is 5. The maximum atomic E-state index is 12.6. The minimum atomic E-state index is -0.490. The molecule has 146 valence electrons. The molecule has 1 heterocycles. The van der Waals surface area contributed by atoms with Crippen LogP contribution in [0.15, 0.2) is 65.7 Å². The van der Waals surface area contributed by atoms with Crippen LogP contribution >= 0.6 is 0 Å². The lowest BCUT2D eigenvalue weighted by atomic mass is 10.1. The molecule has 1 aromatic heterocycles. The van der Waals surface area contributed by atoms with Crippen LogP contribution in [0.4, 0.5) is 0 Å². The van der Waals surface area contributed by atoms with Crippen LogP contribution in [0, 0.1) is 6.92 Å². The Morgan fingerprint density at radius 3 is 2.69 bits per heavy atom. The van der Waals surface area contributed by atoms with Gasteiger partial charge in [-0.3, -0.25) is 14.2 Å². The number of hydrogen-bond donors (Lipinski definition) is 0. The quantitative estimate of drug-likeness (QED) is 0.489. The summed E-state index contributed by atoms with van der Waals surface area (Å²) in [6.07, 6.45) is 1.39. The van der Waals surface area contributed by atoms with Crippen LogP contribution in [0.3, 0.4) is 0 Å². The van der Waals surface area contributed by atoms with Crippen LogP contribution in [0.1, 0.15) is 11.1 Å². The van der Waals surface area contributed by atoms with E-state index in [1.807, 2.05) is 49.4 Å². The number of esters is 1. The zero-order valence-electron chi connectivity index (χ0n) is 16.2. The third kappa shape index (κ3) is 3.82. The number of para-hydroxylation sites is 1. The Balaban J connectivity index is 1.46. The average molecular weight is 388 g/mol. The van der Waals surface area contributed by atoms with Crippen molar-refractivity contribution in [1.82, 2.24) is 9.55 Å². The van der Waals surface area contributed by atoms with Gasteiger partial charge < -0.3 is 9.47 Å². The SMILES string of the molecule is COc1ccc2cc(COC(=O)Cn3cnc4c(C)cccc4c3=O)ccc2c1. The van der Waals surface area contributed by atoms with Crippen molar-refractivity contribution >= 4 is 27.6 Å². The number of ether oxygens (including phenoxy) is 2. The van der Waals surface area contributed by atoms with Gasteiger partial charge in [0.15, 0.2) is 0 Å². The van der Waals surface area contributed by atoms with Gasteiger partial charge >= 0.3 is 5.97 Å². The van der Waals surface area contributed by atoms with Crippen molar-refractivity contribution < 1.29 is 14.3 Å². The molecular formula is C23H20N2O4. The highest BCUT2D eigenvalue weighted by molar-refractivity contribution is 5.84. The van der Waals surface area contributed by atoms with Crippen molar-refractivity contribution in [2.24, 2.45) is 0 Å². The number of aryl methyl sites for hydroxylation is 1. The minimum Gasteiger partial charge on any atom is -0.497 e. The molecule has 0 spiro atoms. The molecule has 0 aliphatic heterocycles. The summed E-state index contributed by atoms with van der Waals surface area (Å²) in [5, 5.41) is 2.57. The van der Waals surface area contributed by atoms with Gasteiger partial charge in [-0.2, -0.15) is 0 Å². The molecule has 0 unspecified atom stereocenters.